The van der Waals surface area contributed by atoms with Gasteiger partial charge in [0, 0.05) is 15.4 Å². The summed E-state index contributed by atoms with van der Waals surface area (Å²) in [5.41, 5.74) is 0. The molecule has 1 aromatic rings. The highest BCUT2D eigenvalue weighted by Gasteiger charge is 2.09. The molecule has 0 aliphatic carbocycles. The largest absolute Gasteiger partial charge is 0.309 e. The van der Waals surface area contributed by atoms with Crippen LogP contribution in [0, 0.1) is 5.92 Å². The van der Waals surface area contributed by atoms with Crippen LogP contribution in [0.4, 0.5) is 0 Å². The summed E-state index contributed by atoms with van der Waals surface area (Å²) < 4.78 is 1.23. The number of rotatable bonds is 6. The van der Waals surface area contributed by atoms with E-state index in [0.29, 0.717) is 6.04 Å². The molecule has 1 nitrogen and oxygen atoms in total. The van der Waals surface area contributed by atoms with Crippen LogP contribution >= 0.6 is 27.3 Å². The van der Waals surface area contributed by atoms with E-state index in [9.17, 15) is 0 Å². The number of hydrogen-bond acceptors (Lipinski definition) is 2. The normalized spacial score (nSPS) is 13.4. The molecule has 0 aliphatic heterocycles. The van der Waals surface area contributed by atoms with Gasteiger partial charge >= 0.3 is 0 Å². The summed E-state index contributed by atoms with van der Waals surface area (Å²) in [5.74, 6) is 0.815. The first-order valence-electron chi connectivity index (χ1n) is 5.57. The van der Waals surface area contributed by atoms with E-state index in [-0.39, 0.29) is 0 Å². The van der Waals surface area contributed by atoms with Crippen LogP contribution in [-0.4, -0.2) is 6.54 Å². The third-order valence-corrected chi connectivity index (χ3v) is 4.50. The summed E-state index contributed by atoms with van der Waals surface area (Å²) in [7, 11) is 0. The van der Waals surface area contributed by atoms with E-state index in [1.165, 1.54) is 22.2 Å². The van der Waals surface area contributed by atoms with Gasteiger partial charge in [-0.1, -0.05) is 13.8 Å². The summed E-state index contributed by atoms with van der Waals surface area (Å²) in [6.07, 6.45) is 2.58. The Balaban J connectivity index is 2.25. The minimum atomic E-state index is 0.464. The topological polar surface area (TPSA) is 12.0 Å². The van der Waals surface area contributed by atoms with Crippen molar-refractivity contribution >= 4 is 27.3 Å². The molecule has 1 aromatic heterocycles. The summed E-state index contributed by atoms with van der Waals surface area (Å²) in [6, 6.07) is 2.58. The summed E-state index contributed by atoms with van der Waals surface area (Å²) in [4.78, 5) is 1.40. The molecular weight excluding hydrogens is 270 g/mol. The average Bonchev–Trinajstić information content (AvgIpc) is 2.58. The second-order valence-corrected chi connectivity index (χ2v) is 6.15. The van der Waals surface area contributed by atoms with Gasteiger partial charge in [-0.3, -0.25) is 0 Å². The van der Waals surface area contributed by atoms with Crippen molar-refractivity contribution in [2.24, 2.45) is 5.92 Å². The Hall–Kier alpha value is 0.140. The predicted octanol–water partition coefficient (Wildman–Crippen LogP) is 4.60. The van der Waals surface area contributed by atoms with Crippen LogP contribution in [-0.2, 0) is 0 Å². The Morgan fingerprint density at radius 2 is 2.13 bits per heavy atom. The van der Waals surface area contributed by atoms with Gasteiger partial charge in [-0.15, -0.1) is 11.3 Å². The van der Waals surface area contributed by atoms with Gasteiger partial charge in [0.1, 0.15) is 0 Å². The third-order valence-electron chi connectivity index (χ3n) is 2.45. The summed E-state index contributed by atoms with van der Waals surface area (Å²) in [5, 5.41) is 5.69. The zero-order valence-corrected chi connectivity index (χ0v) is 12.1. The van der Waals surface area contributed by atoms with E-state index >= 15 is 0 Å². The molecule has 1 rings (SSSR count). The highest BCUT2D eigenvalue weighted by molar-refractivity contribution is 9.10. The predicted molar refractivity (Wildman–Crippen MR) is 72.5 cm³/mol. The van der Waals surface area contributed by atoms with Crippen molar-refractivity contribution in [1.82, 2.24) is 5.32 Å². The lowest BCUT2D eigenvalue weighted by atomic mass is 10.1. The standard InChI is InChI=1S/C12H20BrNS/c1-9(2)5-4-7-14-10(3)12-11(13)6-8-15-12/h6,8-10,14H,4-5,7H2,1-3H3. The van der Waals surface area contributed by atoms with Crippen molar-refractivity contribution in [3.63, 3.8) is 0 Å². The van der Waals surface area contributed by atoms with Gasteiger partial charge in [-0.25, -0.2) is 0 Å². The fourth-order valence-electron chi connectivity index (χ4n) is 1.54. The molecular formula is C12H20BrNS. The number of thiophene rings is 1. The lowest BCUT2D eigenvalue weighted by Crippen LogP contribution is -2.19. The van der Waals surface area contributed by atoms with Crippen LogP contribution in [0.2, 0.25) is 0 Å². The SMILES string of the molecule is CC(C)CCCNC(C)c1sccc1Br. The van der Waals surface area contributed by atoms with Crippen molar-refractivity contribution in [1.29, 1.82) is 0 Å². The summed E-state index contributed by atoms with van der Waals surface area (Å²) >= 11 is 5.38. The highest BCUT2D eigenvalue weighted by atomic mass is 79.9. The molecule has 0 aromatic carbocycles. The first kappa shape index (κ1) is 13.2. The molecule has 15 heavy (non-hydrogen) atoms. The lowest BCUT2D eigenvalue weighted by molar-refractivity contribution is 0.500. The molecule has 1 N–H and O–H groups in total. The second kappa shape index (κ2) is 6.66. The molecule has 1 heterocycles. The Labute approximate surface area is 105 Å². The van der Waals surface area contributed by atoms with Crippen LogP contribution in [0.5, 0.6) is 0 Å². The third kappa shape index (κ3) is 4.66. The molecule has 1 atom stereocenters. The first-order chi connectivity index (χ1) is 7.11. The molecule has 0 aliphatic rings. The van der Waals surface area contributed by atoms with Crippen molar-refractivity contribution in [3.05, 3.63) is 20.8 Å². The zero-order valence-electron chi connectivity index (χ0n) is 9.72. The Kier molecular flexibility index (Phi) is 5.87. The van der Waals surface area contributed by atoms with E-state index in [1.807, 2.05) is 11.3 Å². The van der Waals surface area contributed by atoms with Gasteiger partial charge in [0.15, 0.2) is 0 Å². The molecule has 3 heteroatoms. The van der Waals surface area contributed by atoms with Gasteiger partial charge in [-0.2, -0.15) is 0 Å². The van der Waals surface area contributed by atoms with Crippen molar-refractivity contribution in [2.45, 2.75) is 39.7 Å². The van der Waals surface area contributed by atoms with Crippen molar-refractivity contribution in [2.75, 3.05) is 6.54 Å². The van der Waals surface area contributed by atoms with E-state index in [0.717, 1.165) is 12.5 Å². The number of halogens is 1. The summed E-state index contributed by atoms with van der Waals surface area (Å²) in [6.45, 7) is 7.90. The van der Waals surface area contributed by atoms with Gasteiger partial charge < -0.3 is 5.32 Å². The maximum Gasteiger partial charge on any atom is 0.0397 e. The quantitative estimate of drug-likeness (QED) is 0.755. The fourth-order valence-corrected chi connectivity index (χ4v) is 3.29. The van der Waals surface area contributed by atoms with E-state index < -0.39 is 0 Å². The van der Waals surface area contributed by atoms with E-state index in [2.05, 4.69) is 53.5 Å². The van der Waals surface area contributed by atoms with Gasteiger partial charge in [0.25, 0.3) is 0 Å². The van der Waals surface area contributed by atoms with Gasteiger partial charge in [-0.05, 0) is 59.6 Å². The molecule has 0 spiro atoms. The zero-order chi connectivity index (χ0) is 11.3. The molecule has 0 radical (unpaired) electrons. The van der Waals surface area contributed by atoms with Crippen LogP contribution in [0.25, 0.3) is 0 Å². The molecule has 0 amide bonds. The second-order valence-electron chi connectivity index (χ2n) is 4.34. The maximum atomic E-state index is 3.57. The molecule has 0 bridgehead atoms. The Morgan fingerprint density at radius 1 is 1.40 bits per heavy atom. The van der Waals surface area contributed by atoms with Gasteiger partial charge in [0.05, 0.1) is 0 Å². The Bertz CT molecular complexity index is 283. The number of nitrogens with one attached hydrogen (secondary N) is 1. The fraction of sp³-hybridized carbons (Fsp3) is 0.667. The van der Waals surface area contributed by atoms with E-state index in [1.54, 1.807) is 0 Å². The van der Waals surface area contributed by atoms with E-state index in [4.69, 9.17) is 0 Å². The molecule has 0 saturated carbocycles. The monoisotopic (exact) mass is 289 g/mol. The highest BCUT2D eigenvalue weighted by Crippen LogP contribution is 2.28. The van der Waals surface area contributed by atoms with Crippen LogP contribution < -0.4 is 5.32 Å². The van der Waals surface area contributed by atoms with Crippen LogP contribution in [0.15, 0.2) is 15.9 Å². The van der Waals surface area contributed by atoms with Crippen LogP contribution in [0.1, 0.15) is 44.5 Å². The Morgan fingerprint density at radius 3 is 2.67 bits per heavy atom. The van der Waals surface area contributed by atoms with Crippen molar-refractivity contribution < 1.29 is 0 Å². The minimum Gasteiger partial charge on any atom is -0.309 e. The smallest absolute Gasteiger partial charge is 0.0397 e. The molecule has 86 valence electrons. The first-order valence-corrected chi connectivity index (χ1v) is 7.24. The number of hydrogen-bond donors (Lipinski definition) is 1. The minimum absolute atomic E-state index is 0.464. The van der Waals surface area contributed by atoms with Crippen LogP contribution in [0.3, 0.4) is 0 Å². The van der Waals surface area contributed by atoms with Crippen molar-refractivity contribution in [3.8, 4) is 0 Å². The average molecular weight is 290 g/mol. The van der Waals surface area contributed by atoms with Gasteiger partial charge in [0.2, 0.25) is 0 Å². The molecule has 1 unspecified atom stereocenters. The molecule has 0 fully saturated rings. The molecule has 0 saturated heterocycles. The lowest BCUT2D eigenvalue weighted by Gasteiger charge is -2.13. The maximum absolute atomic E-state index is 3.57.